The van der Waals surface area contributed by atoms with Crippen LogP contribution in [0.5, 0.6) is 5.75 Å². The molecule has 0 aliphatic rings. The number of hydrogen-bond donors (Lipinski definition) is 0. The maximum absolute atomic E-state index is 13.2. The lowest BCUT2D eigenvalue weighted by Crippen LogP contribution is -2.42. The number of esters is 1. The van der Waals surface area contributed by atoms with Crippen molar-refractivity contribution in [3.63, 3.8) is 0 Å². The average Bonchev–Trinajstić information content (AvgIpc) is 2.71. The minimum atomic E-state index is -1.51. The highest BCUT2D eigenvalue weighted by Crippen LogP contribution is 2.35. The first kappa shape index (κ1) is 18.3. The van der Waals surface area contributed by atoms with Crippen LogP contribution in [-0.2, 0) is 15.1 Å². The van der Waals surface area contributed by atoms with Gasteiger partial charge >= 0.3 is 5.97 Å². The Hall–Kier alpha value is -3.51. The van der Waals surface area contributed by atoms with Crippen molar-refractivity contribution in [2.75, 3.05) is 7.11 Å². The zero-order valence-electron chi connectivity index (χ0n) is 14.6. The maximum Gasteiger partial charge on any atom is 0.353 e. The summed E-state index contributed by atoms with van der Waals surface area (Å²) < 4.78 is 11.2. The third-order valence-corrected chi connectivity index (χ3v) is 4.19. The van der Waals surface area contributed by atoms with Gasteiger partial charge in [-0.25, -0.2) is 4.79 Å². The number of carbonyl (C=O) groups is 1. The number of carbonyl (C=O) groups excluding carboxylic acids is 1. The second kappa shape index (κ2) is 7.80. The van der Waals surface area contributed by atoms with Gasteiger partial charge in [-0.05, 0) is 17.2 Å². The number of nitrogens with zero attached hydrogens (tertiary/aromatic N) is 1. The van der Waals surface area contributed by atoms with E-state index in [-0.39, 0.29) is 11.4 Å². The molecule has 0 atom stereocenters. The molecular weight excluding hydrogens is 346 g/mol. The molecule has 0 aromatic heterocycles. The van der Waals surface area contributed by atoms with Gasteiger partial charge in [0.25, 0.3) is 5.69 Å². The predicted molar refractivity (Wildman–Crippen MR) is 99.4 cm³/mol. The molecule has 0 bridgehead atoms. The van der Waals surface area contributed by atoms with Crippen LogP contribution in [0.25, 0.3) is 0 Å². The molecule has 0 aliphatic carbocycles. The highest BCUT2D eigenvalue weighted by molar-refractivity contribution is 5.87. The summed E-state index contributed by atoms with van der Waals surface area (Å²) >= 11 is 0. The highest BCUT2D eigenvalue weighted by Gasteiger charge is 2.44. The van der Waals surface area contributed by atoms with Gasteiger partial charge in [0, 0.05) is 13.2 Å². The molecule has 3 rings (SSSR count). The molecule has 0 saturated heterocycles. The van der Waals surface area contributed by atoms with Crippen LogP contribution < -0.4 is 4.74 Å². The molecule has 0 N–H and O–H groups in total. The molecule has 6 heteroatoms. The molecule has 0 fully saturated rings. The van der Waals surface area contributed by atoms with Crippen molar-refractivity contribution in [1.82, 2.24) is 0 Å². The number of benzene rings is 3. The number of hydrogen-bond acceptors (Lipinski definition) is 5. The Kier molecular flexibility index (Phi) is 5.28. The molecule has 136 valence electrons. The van der Waals surface area contributed by atoms with Crippen LogP contribution >= 0.6 is 0 Å². The van der Waals surface area contributed by atoms with E-state index in [4.69, 9.17) is 9.47 Å². The molecular formula is C21H17NO5. The Labute approximate surface area is 156 Å². The quantitative estimate of drug-likeness (QED) is 0.285. The number of rotatable bonds is 6. The van der Waals surface area contributed by atoms with E-state index >= 15 is 0 Å². The first-order valence-corrected chi connectivity index (χ1v) is 8.21. The molecule has 0 radical (unpaired) electrons. The summed E-state index contributed by atoms with van der Waals surface area (Å²) in [6.45, 7) is 0. The zero-order valence-corrected chi connectivity index (χ0v) is 14.6. The SMILES string of the molecule is COC(C(=O)Oc1cccc([N+](=O)[O-])c1)(c1ccccc1)c1ccccc1. The maximum atomic E-state index is 13.2. The number of non-ortho nitro benzene ring substituents is 1. The fourth-order valence-corrected chi connectivity index (χ4v) is 2.91. The molecule has 3 aromatic rings. The molecule has 0 unspecified atom stereocenters. The van der Waals surface area contributed by atoms with Crippen LogP contribution in [0.1, 0.15) is 11.1 Å². The summed E-state index contributed by atoms with van der Waals surface area (Å²) in [7, 11) is 1.43. The first-order chi connectivity index (χ1) is 13.1. The fraction of sp³-hybridized carbons (Fsp3) is 0.0952. The number of nitro benzene ring substituents is 1. The van der Waals surface area contributed by atoms with Crippen LogP contribution in [0.2, 0.25) is 0 Å². The summed E-state index contributed by atoms with van der Waals surface area (Å²) in [5.74, 6) is -0.620. The lowest BCUT2D eigenvalue weighted by Gasteiger charge is -2.31. The third kappa shape index (κ3) is 3.56. The largest absolute Gasteiger partial charge is 0.424 e. The number of nitro groups is 1. The normalized spacial score (nSPS) is 11.0. The van der Waals surface area contributed by atoms with Gasteiger partial charge in [-0.15, -0.1) is 0 Å². The van der Waals surface area contributed by atoms with Crippen molar-refractivity contribution < 1.29 is 19.2 Å². The molecule has 0 aliphatic heterocycles. The van der Waals surface area contributed by atoms with Gasteiger partial charge in [0.1, 0.15) is 5.75 Å². The molecule has 27 heavy (non-hydrogen) atoms. The standard InChI is InChI=1S/C21H17NO5/c1-26-21(16-9-4-2-5-10-16,17-11-6-3-7-12-17)20(23)27-19-14-8-13-18(15-19)22(24)25/h2-15H,1H3. The van der Waals surface area contributed by atoms with Gasteiger partial charge in [0.15, 0.2) is 0 Å². The van der Waals surface area contributed by atoms with Crippen molar-refractivity contribution in [3.05, 3.63) is 106 Å². The average molecular weight is 363 g/mol. The van der Waals surface area contributed by atoms with Gasteiger partial charge in [-0.1, -0.05) is 66.7 Å². The molecule has 0 heterocycles. The zero-order chi connectivity index (χ0) is 19.3. The Morgan fingerprint density at radius 3 is 1.93 bits per heavy atom. The molecule has 6 nitrogen and oxygen atoms in total. The summed E-state index contributed by atoms with van der Waals surface area (Å²) in [6.07, 6.45) is 0. The van der Waals surface area contributed by atoms with E-state index in [0.717, 1.165) is 0 Å². The molecule has 3 aromatic carbocycles. The Morgan fingerprint density at radius 1 is 0.889 bits per heavy atom. The molecule has 0 spiro atoms. The van der Waals surface area contributed by atoms with Crippen molar-refractivity contribution >= 4 is 11.7 Å². The lowest BCUT2D eigenvalue weighted by atomic mass is 9.86. The van der Waals surface area contributed by atoms with Gasteiger partial charge in [0.2, 0.25) is 5.60 Å². The highest BCUT2D eigenvalue weighted by atomic mass is 16.6. The summed E-state index contributed by atoms with van der Waals surface area (Å²) in [6, 6.07) is 23.4. The van der Waals surface area contributed by atoms with Crippen LogP contribution in [-0.4, -0.2) is 18.0 Å². The topological polar surface area (TPSA) is 78.7 Å². The Balaban J connectivity index is 2.07. The van der Waals surface area contributed by atoms with E-state index in [1.165, 1.54) is 31.4 Å². The number of methoxy groups -OCH3 is 1. The van der Waals surface area contributed by atoms with E-state index in [1.807, 2.05) is 12.1 Å². The summed E-state index contributed by atoms with van der Waals surface area (Å²) in [5.41, 5.74) is -0.487. The van der Waals surface area contributed by atoms with Crippen molar-refractivity contribution in [3.8, 4) is 5.75 Å². The predicted octanol–water partition coefficient (Wildman–Crippen LogP) is 4.09. The van der Waals surface area contributed by atoms with Gasteiger partial charge in [0.05, 0.1) is 11.0 Å². The van der Waals surface area contributed by atoms with Crippen molar-refractivity contribution in [2.45, 2.75) is 5.60 Å². The van der Waals surface area contributed by atoms with E-state index in [1.54, 1.807) is 48.5 Å². The third-order valence-electron chi connectivity index (χ3n) is 4.19. The van der Waals surface area contributed by atoms with Gasteiger partial charge in [-0.3, -0.25) is 10.1 Å². The van der Waals surface area contributed by atoms with E-state index in [9.17, 15) is 14.9 Å². The van der Waals surface area contributed by atoms with E-state index in [0.29, 0.717) is 11.1 Å². The second-order valence-corrected chi connectivity index (χ2v) is 5.76. The first-order valence-electron chi connectivity index (χ1n) is 8.21. The summed E-state index contributed by atoms with van der Waals surface area (Å²) in [4.78, 5) is 23.7. The van der Waals surface area contributed by atoms with E-state index in [2.05, 4.69) is 0 Å². The van der Waals surface area contributed by atoms with Gasteiger partial charge in [-0.2, -0.15) is 0 Å². The van der Waals surface area contributed by atoms with Crippen LogP contribution in [0.15, 0.2) is 84.9 Å². The fourth-order valence-electron chi connectivity index (χ4n) is 2.91. The molecule has 0 saturated carbocycles. The minimum Gasteiger partial charge on any atom is -0.424 e. The minimum absolute atomic E-state index is 0.0717. The monoisotopic (exact) mass is 363 g/mol. The lowest BCUT2D eigenvalue weighted by molar-refractivity contribution is -0.384. The van der Waals surface area contributed by atoms with Crippen molar-refractivity contribution in [1.29, 1.82) is 0 Å². The number of ether oxygens (including phenoxy) is 2. The van der Waals surface area contributed by atoms with Gasteiger partial charge < -0.3 is 9.47 Å². The van der Waals surface area contributed by atoms with Crippen LogP contribution in [0.3, 0.4) is 0 Å². The Bertz CT molecular complexity index is 902. The van der Waals surface area contributed by atoms with Crippen molar-refractivity contribution in [2.24, 2.45) is 0 Å². The van der Waals surface area contributed by atoms with Crippen LogP contribution in [0.4, 0.5) is 5.69 Å². The summed E-state index contributed by atoms with van der Waals surface area (Å²) in [5, 5.41) is 11.0. The Morgan fingerprint density at radius 2 is 1.44 bits per heavy atom. The molecule has 0 amide bonds. The smallest absolute Gasteiger partial charge is 0.353 e. The second-order valence-electron chi connectivity index (χ2n) is 5.76. The van der Waals surface area contributed by atoms with Crippen LogP contribution in [0, 0.1) is 10.1 Å². The van der Waals surface area contributed by atoms with E-state index < -0.39 is 16.5 Å².